The highest BCUT2D eigenvalue weighted by Crippen LogP contribution is 2.17. The molecule has 2 N–H and O–H groups in total. The van der Waals surface area contributed by atoms with Crippen LogP contribution in [-0.2, 0) is 4.74 Å². The molecule has 102 valence electrons. The van der Waals surface area contributed by atoms with E-state index in [1.165, 1.54) is 0 Å². The number of likely N-dealkylation sites (N-methyl/N-ethyl adjacent to an activating group) is 1. The number of hydrogen-bond acceptors (Lipinski definition) is 4. The summed E-state index contributed by atoms with van der Waals surface area (Å²) in [5.41, 5.74) is 0.0441. The Hall–Kier alpha value is -0.160. The molecule has 1 rings (SSSR count). The molecule has 4 heteroatoms. The number of hydrogen-bond donors (Lipinski definition) is 2. The van der Waals surface area contributed by atoms with Crippen molar-refractivity contribution in [2.24, 2.45) is 0 Å². The van der Waals surface area contributed by atoms with Gasteiger partial charge in [0, 0.05) is 25.2 Å². The maximum atomic E-state index is 9.98. The minimum absolute atomic E-state index is 0.0441. The number of aliphatic hydroxyl groups is 1. The van der Waals surface area contributed by atoms with Gasteiger partial charge < -0.3 is 20.1 Å². The lowest BCUT2D eigenvalue weighted by Gasteiger charge is -2.35. The van der Waals surface area contributed by atoms with Crippen molar-refractivity contribution in [3.63, 3.8) is 0 Å². The van der Waals surface area contributed by atoms with E-state index < -0.39 is 0 Å². The normalized spacial score (nSPS) is 27.4. The zero-order valence-electron chi connectivity index (χ0n) is 11.5. The van der Waals surface area contributed by atoms with Crippen LogP contribution in [0.1, 0.15) is 33.6 Å². The van der Waals surface area contributed by atoms with Crippen LogP contribution in [0, 0.1) is 0 Å². The molecule has 0 aromatic heterocycles. The third-order valence-electron chi connectivity index (χ3n) is 3.57. The van der Waals surface area contributed by atoms with Gasteiger partial charge in [-0.05, 0) is 32.9 Å². The minimum Gasteiger partial charge on any atom is -0.390 e. The van der Waals surface area contributed by atoms with Crippen LogP contribution in [-0.4, -0.2) is 61.0 Å². The molecule has 0 bridgehead atoms. The highest BCUT2D eigenvalue weighted by molar-refractivity contribution is 4.86. The largest absolute Gasteiger partial charge is 0.390 e. The zero-order chi connectivity index (χ0) is 12.7. The van der Waals surface area contributed by atoms with Crippen molar-refractivity contribution in [3.8, 4) is 0 Å². The fraction of sp³-hybridized carbons (Fsp3) is 1.00. The summed E-state index contributed by atoms with van der Waals surface area (Å²) < 4.78 is 5.49. The van der Waals surface area contributed by atoms with Crippen molar-refractivity contribution in [2.45, 2.75) is 45.3 Å². The number of aliphatic hydroxyl groups excluding tert-OH is 1. The second-order valence-electron chi connectivity index (χ2n) is 5.24. The number of rotatable bonds is 7. The van der Waals surface area contributed by atoms with Crippen molar-refractivity contribution in [2.75, 3.05) is 39.4 Å². The molecule has 0 saturated carbocycles. The molecule has 1 fully saturated rings. The van der Waals surface area contributed by atoms with E-state index in [0.29, 0.717) is 6.54 Å². The van der Waals surface area contributed by atoms with Crippen molar-refractivity contribution in [3.05, 3.63) is 0 Å². The first kappa shape index (κ1) is 14.9. The van der Waals surface area contributed by atoms with E-state index >= 15 is 0 Å². The summed E-state index contributed by atoms with van der Waals surface area (Å²) in [6.07, 6.45) is 1.94. The highest BCUT2D eigenvalue weighted by atomic mass is 16.5. The van der Waals surface area contributed by atoms with Gasteiger partial charge in [0.15, 0.2) is 0 Å². The fourth-order valence-corrected chi connectivity index (χ4v) is 2.28. The van der Waals surface area contributed by atoms with E-state index in [1.54, 1.807) is 0 Å². The number of nitrogens with zero attached hydrogens (tertiary/aromatic N) is 1. The summed E-state index contributed by atoms with van der Waals surface area (Å²) in [6.45, 7) is 11.4. The van der Waals surface area contributed by atoms with Gasteiger partial charge in [-0.25, -0.2) is 0 Å². The van der Waals surface area contributed by atoms with Gasteiger partial charge in [0.25, 0.3) is 0 Å². The Morgan fingerprint density at radius 2 is 2.12 bits per heavy atom. The van der Waals surface area contributed by atoms with Crippen LogP contribution in [0.3, 0.4) is 0 Å². The van der Waals surface area contributed by atoms with Crippen molar-refractivity contribution < 1.29 is 9.84 Å². The molecule has 1 saturated heterocycles. The fourth-order valence-electron chi connectivity index (χ4n) is 2.28. The van der Waals surface area contributed by atoms with Gasteiger partial charge in [-0.1, -0.05) is 13.8 Å². The molecule has 0 spiro atoms. The Labute approximate surface area is 105 Å². The van der Waals surface area contributed by atoms with Gasteiger partial charge in [-0.3, -0.25) is 0 Å². The lowest BCUT2D eigenvalue weighted by Crippen LogP contribution is -2.52. The predicted molar refractivity (Wildman–Crippen MR) is 70.3 cm³/mol. The Balaban J connectivity index is 2.24. The summed E-state index contributed by atoms with van der Waals surface area (Å²) >= 11 is 0. The lowest BCUT2D eigenvalue weighted by atomic mass is 9.95. The van der Waals surface area contributed by atoms with Crippen LogP contribution in [0.25, 0.3) is 0 Å². The maximum absolute atomic E-state index is 9.98. The van der Waals surface area contributed by atoms with Gasteiger partial charge in [0.05, 0.1) is 12.7 Å². The SMILES string of the molecule is CCN(CC)CC(O)CNC1(C)CCCOC1. The van der Waals surface area contributed by atoms with Crippen LogP contribution in [0.15, 0.2) is 0 Å². The van der Waals surface area contributed by atoms with Crippen molar-refractivity contribution in [1.82, 2.24) is 10.2 Å². The average molecular weight is 244 g/mol. The van der Waals surface area contributed by atoms with E-state index in [9.17, 15) is 5.11 Å². The van der Waals surface area contributed by atoms with Gasteiger partial charge in [0.1, 0.15) is 0 Å². The first-order valence-electron chi connectivity index (χ1n) is 6.83. The van der Waals surface area contributed by atoms with Crippen molar-refractivity contribution >= 4 is 0 Å². The van der Waals surface area contributed by atoms with Crippen LogP contribution in [0.4, 0.5) is 0 Å². The third-order valence-corrected chi connectivity index (χ3v) is 3.57. The number of β-amino-alcohol motifs (C(OH)–C–C–N with tert-alkyl or cyclic N) is 1. The molecule has 0 aromatic rings. The summed E-state index contributed by atoms with van der Waals surface area (Å²) in [5.74, 6) is 0. The van der Waals surface area contributed by atoms with Crippen LogP contribution < -0.4 is 5.32 Å². The van der Waals surface area contributed by atoms with Gasteiger partial charge in [-0.15, -0.1) is 0 Å². The first-order valence-corrected chi connectivity index (χ1v) is 6.83. The summed E-state index contributed by atoms with van der Waals surface area (Å²) in [5, 5.41) is 13.4. The standard InChI is InChI=1S/C13H28N2O2/c1-4-15(5-2)10-12(16)9-14-13(3)7-6-8-17-11-13/h12,14,16H,4-11H2,1-3H3. The lowest BCUT2D eigenvalue weighted by molar-refractivity contribution is 0.0196. The smallest absolute Gasteiger partial charge is 0.0791 e. The van der Waals surface area contributed by atoms with E-state index in [2.05, 4.69) is 31.0 Å². The Morgan fingerprint density at radius 3 is 2.65 bits per heavy atom. The molecule has 0 aliphatic carbocycles. The molecule has 4 nitrogen and oxygen atoms in total. The summed E-state index contributed by atoms with van der Waals surface area (Å²) in [7, 11) is 0. The number of nitrogens with one attached hydrogen (secondary N) is 1. The van der Waals surface area contributed by atoms with E-state index in [4.69, 9.17) is 4.74 Å². The molecule has 0 radical (unpaired) electrons. The Kier molecular flexibility index (Phi) is 6.41. The zero-order valence-corrected chi connectivity index (χ0v) is 11.5. The monoisotopic (exact) mass is 244 g/mol. The summed E-state index contributed by atoms with van der Waals surface area (Å²) in [6, 6.07) is 0. The highest BCUT2D eigenvalue weighted by Gasteiger charge is 2.27. The molecule has 1 heterocycles. The molecular weight excluding hydrogens is 216 g/mol. The van der Waals surface area contributed by atoms with Gasteiger partial charge >= 0.3 is 0 Å². The minimum atomic E-state index is -0.298. The Morgan fingerprint density at radius 1 is 1.41 bits per heavy atom. The third kappa shape index (κ3) is 5.34. The molecule has 2 atom stereocenters. The molecule has 0 aromatic carbocycles. The van der Waals surface area contributed by atoms with E-state index in [-0.39, 0.29) is 11.6 Å². The van der Waals surface area contributed by atoms with Gasteiger partial charge in [-0.2, -0.15) is 0 Å². The van der Waals surface area contributed by atoms with E-state index in [1.807, 2.05) is 0 Å². The summed E-state index contributed by atoms with van der Waals surface area (Å²) in [4.78, 5) is 2.24. The molecule has 2 unspecified atom stereocenters. The second kappa shape index (κ2) is 7.31. The quantitative estimate of drug-likeness (QED) is 0.697. The first-order chi connectivity index (χ1) is 8.09. The molecular formula is C13H28N2O2. The average Bonchev–Trinajstić information content (AvgIpc) is 2.34. The van der Waals surface area contributed by atoms with E-state index in [0.717, 1.165) is 45.7 Å². The topological polar surface area (TPSA) is 44.7 Å². The molecule has 0 amide bonds. The second-order valence-corrected chi connectivity index (χ2v) is 5.24. The molecule has 1 aliphatic heterocycles. The van der Waals surface area contributed by atoms with Crippen LogP contribution in [0.5, 0.6) is 0 Å². The van der Waals surface area contributed by atoms with Crippen molar-refractivity contribution in [1.29, 1.82) is 0 Å². The Bertz CT molecular complexity index is 202. The molecule has 17 heavy (non-hydrogen) atoms. The van der Waals surface area contributed by atoms with Gasteiger partial charge in [0.2, 0.25) is 0 Å². The van der Waals surface area contributed by atoms with Crippen LogP contribution >= 0.6 is 0 Å². The maximum Gasteiger partial charge on any atom is 0.0791 e. The van der Waals surface area contributed by atoms with Crippen LogP contribution in [0.2, 0.25) is 0 Å². The molecule has 1 aliphatic rings. The number of ether oxygens (including phenoxy) is 1. The predicted octanol–water partition coefficient (Wildman–Crippen LogP) is 0.848.